The van der Waals surface area contributed by atoms with Crippen LogP contribution in [0.25, 0.3) is 0 Å². The Morgan fingerprint density at radius 3 is 2.36 bits per heavy atom. The Morgan fingerprint density at radius 1 is 1.36 bits per heavy atom. The number of amides is 1. The van der Waals surface area contributed by atoms with Gasteiger partial charge in [-0.15, -0.1) is 0 Å². The van der Waals surface area contributed by atoms with E-state index in [9.17, 15) is 13.2 Å². The predicted molar refractivity (Wildman–Crippen MR) is 55.1 cm³/mol. The first-order chi connectivity index (χ1) is 6.43. The minimum atomic E-state index is -3.47. The molecule has 0 unspecified atom stereocenters. The van der Waals surface area contributed by atoms with Gasteiger partial charge in [0, 0.05) is 0 Å². The molecule has 0 saturated carbocycles. The summed E-state index contributed by atoms with van der Waals surface area (Å²) in [5.41, 5.74) is 5.45. The molecule has 0 aromatic heterocycles. The van der Waals surface area contributed by atoms with Crippen LogP contribution in [0.4, 0.5) is 0 Å². The molecule has 5 nitrogen and oxygen atoms in total. The third-order valence-corrected chi connectivity index (χ3v) is 3.12. The summed E-state index contributed by atoms with van der Waals surface area (Å²) in [5.74, 6) is -0.655. The molecule has 0 heterocycles. The van der Waals surface area contributed by atoms with E-state index in [0.717, 1.165) is 6.42 Å². The lowest BCUT2D eigenvalue weighted by atomic mass is 10.2. The van der Waals surface area contributed by atoms with E-state index >= 15 is 0 Å². The lowest BCUT2D eigenvalue weighted by molar-refractivity contribution is -0.120. The summed E-state index contributed by atoms with van der Waals surface area (Å²) in [7, 11) is -3.47. The number of carbonyl (C=O) groups excluding carboxylic acids is 1. The number of nitrogens with one attached hydrogen (secondary N) is 1. The summed E-state index contributed by atoms with van der Waals surface area (Å²) < 4.78 is 24.3. The number of nitrogens with two attached hydrogens (primary N) is 1. The Bertz CT molecular complexity index is 274. The minimum absolute atomic E-state index is 0.0441. The molecule has 1 atom stereocenters. The molecule has 3 N–H and O–H groups in total. The molecule has 0 aromatic rings. The first-order valence-electron chi connectivity index (χ1n) is 4.72. The topological polar surface area (TPSA) is 89.3 Å². The highest BCUT2D eigenvalue weighted by Crippen LogP contribution is 1.95. The van der Waals surface area contributed by atoms with Gasteiger partial charge in [-0.3, -0.25) is 9.52 Å². The standard InChI is InChI=1S/C8H18N2O3S/c1-3-5-7(9)8(11)10-14(12,13)6-4-2/h7H,3-6,9H2,1-2H3,(H,10,11)/t7-/m0/s1. The van der Waals surface area contributed by atoms with Crippen molar-refractivity contribution >= 4 is 15.9 Å². The zero-order valence-corrected chi connectivity index (χ0v) is 9.43. The van der Waals surface area contributed by atoms with Crippen LogP contribution in [-0.2, 0) is 14.8 Å². The molecule has 84 valence electrons. The molecule has 0 aliphatic carbocycles. The maximum Gasteiger partial charge on any atom is 0.250 e. The molecule has 0 aliphatic heterocycles. The zero-order chi connectivity index (χ0) is 11.2. The summed E-state index contributed by atoms with van der Waals surface area (Å²) in [5, 5.41) is 0. The Morgan fingerprint density at radius 2 is 1.93 bits per heavy atom. The van der Waals surface area contributed by atoms with Crippen LogP contribution in [0.2, 0.25) is 0 Å². The van der Waals surface area contributed by atoms with Crippen molar-refractivity contribution in [1.29, 1.82) is 0 Å². The van der Waals surface area contributed by atoms with Crippen molar-refractivity contribution in [2.24, 2.45) is 5.73 Å². The molecular formula is C8H18N2O3S. The second-order valence-electron chi connectivity index (χ2n) is 3.18. The lowest BCUT2D eigenvalue weighted by Crippen LogP contribution is -2.43. The fraction of sp³-hybridized carbons (Fsp3) is 0.875. The van der Waals surface area contributed by atoms with E-state index in [2.05, 4.69) is 0 Å². The van der Waals surface area contributed by atoms with E-state index in [0.29, 0.717) is 12.8 Å². The van der Waals surface area contributed by atoms with Gasteiger partial charge in [-0.1, -0.05) is 20.3 Å². The van der Waals surface area contributed by atoms with Crippen LogP contribution in [-0.4, -0.2) is 26.1 Å². The predicted octanol–water partition coefficient (Wildman–Crippen LogP) is -0.0302. The number of sulfonamides is 1. The van der Waals surface area contributed by atoms with E-state index in [4.69, 9.17) is 5.73 Å². The second kappa shape index (κ2) is 5.98. The van der Waals surface area contributed by atoms with Gasteiger partial charge in [0.1, 0.15) is 0 Å². The maximum atomic E-state index is 11.2. The van der Waals surface area contributed by atoms with Crippen LogP contribution < -0.4 is 10.5 Å². The van der Waals surface area contributed by atoms with Crippen LogP contribution in [0.5, 0.6) is 0 Å². The Kier molecular flexibility index (Phi) is 5.71. The fourth-order valence-electron chi connectivity index (χ4n) is 0.991. The second-order valence-corrected chi connectivity index (χ2v) is 5.02. The van der Waals surface area contributed by atoms with Gasteiger partial charge < -0.3 is 5.73 Å². The first kappa shape index (κ1) is 13.4. The molecule has 0 rings (SSSR count). The molecular weight excluding hydrogens is 204 g/mol. The Hall–Kier alpha value is -0.620. The summed E-state index contributed by atoms with van der Waals surface area (Å²) in [6.07, 6.45) is 1.72. The van der Waals surface area contributed by atoms with Crippen molar-refractivity contribution in [3.63, 3.8) is 0 Å². The highest BCUT2D eigenvalue weighted by molar-refractivity contribution is 7.90. The number of carbonyl (C=O) groups is 1. The van der Waals surface area contributed by atoms with Gasteiger partial charge in [0.15, 0.2) is 0 Å². The smallest absolute Gasteiger partial charge is 0.250 e. The van der Waals surface area contributed by atoms with Crippen molar-refractivity contribution in [2.75, 3.05) is 5.75 Å². The van der Waals surface area contributed by atoms with Crippen molar-refractivity contribution < 1.29 is 13.2 Å². The summed E-state index contributed by atoms with van der Waals surface area (Å²) in [6, 6.07) is -0.730. The third-order valence-electron chi connectivity index (χ3n) is 1.67. The average molecular weight is 222 g/mol. The summed E-state index contributed by atoms with van der Waals surface area (Å²) in [6.45, 7) is 3.61. The molecule has 0 fully saturated rings. The molecule has 0 aliphatic rings. The van der Waals surface area contributed by atoms with Crippen molar-refractivity contribution in [2.45, 2.75) is 39.2 Å². The van der Waals surface area contributed by atoms with Gasteiger partial charge >= 0.3 is 0 Å². The highest BCUT2D eigenvalue weighted by atomic mass is 32.2. The monoisotopic (exact) mass is 222 g/mol. The van der Waals surface area contributed by atoms with Gasteiger partial charge in [-0.05, 0) is 12.8 Å². The summed E-state index contributed by atoms with van der Waals surface area (Å²) >= 11 is 0. The maximum absolute atomic E-state index is 11.2. The highest BCUT2D eigenvalue weighted by Gasteiger charge is 2.18. The van der Waals surface area contributed by atoms with Gasteiger partial charge in [0.25, 0.3) is 0 Å². The number of rotatable bonds is 6. The van der Waals surface area contributed by atoms with Gasteiger partial charge in [-0.2, -0.15) is 0 Å². The van der Waals surface area contributed by atoms with Crippen LogP contribution in [0.15, 0.2) is 0 Å². The van der Waals surface area contributed by atoms with E-state index in [1.165, 1.54) is 0 Å². The van der Waals surface area contributed by atoms with E-state index in [1.807, 2.05) is 11.6 Å². The number of hydrogen-bond donors (Lipinski definition) is 2. The van der Waals surface area contributed by atoms with E-state index < -0.39 is 22.0 Å². The van der Waals surface area contributed by atoms with Gasteiger partial charge in [0.2, 0.25) is 15.9 Å². The van der Waals surface area contributed by atoms with Crippen molar-refractivity contribution in [3.05, 3.63) is 0 Å². The largest absolute Gasteiger partial charge is 0.320 e. The molecule has 0 bridgehead atoms. The van der Waals surface area contributed by atoms with E-state index in [1.54, 1.807) is 6.92 Å². The number of hydrogen-bond acceptors (Lipinski definition) is 4. The van der Waals surface area contributed by atoms with Crippen molar-refractivity contribution in [3.8, 4) is 0 Å². The first-order valence-corrected chi connectivity index (χ1v) is 6.38. The van der Waals surface area contributed by atoms with Crippen LogP contribution in [0, 0.1) is 0 Å². The normalized spacial score (nSPS) is 13.6. The Labute approximate surface area is 85.1 Å². The molecule has 14 heavy (non-hydrogen) atoms. The molecule has 1 amide bonds. The lowest BCUT2D eigenvalue weighted by Gasteiger charge is -2.10. The zero-order valence-electron chi connectivity index (χ0n) is 8.62. The quantitative estimate of drug-likeness (QED) is 0.660. The molecule has 0 aromatic carbocycles. The molecule has 0 saturated heterocycles. The van der Waals surface area contributed by atoms with E-state index in [-0.39, 0.29) is 5.75 Å². The van der Waals surface area contributed by atoms with Crippen LogP contribution in [0.3, 0.4) is 0 Å². The SMILES string of the molecule is CCC[C@H](N)C(=O)NS(=O)(=O)CCC. The summed E-state index contributed by atoms with van der Waals surface area (Å²) in [4.78, 5) is 11.2. The fourth-order valence-corrected chi connectivity index (χ4v) is 2.09. The van der Waals surface area contributed by atoms with Crippen LogP contribution in [0.1, 0.15) is 33.1 Å². The molecule has 6 heteroatoms. The van der Waals surface area contributed by atoms with Gasteiger partial charge in [0.05, 0.1) is 11.8 Å². The van der Waals surface area contributed by atoms with Crippen molar-refractivity contribution in [1.82, 2.24) is 4.72 Å². The minimum Gasteiger partial charge on any atom is -0.320 e. The third kappa shape index (κ3) is 5.18. The Balaban J connectivity index is 4.18. The average Bonchev–Trinajstić information content (AvgIpc) is 2.03. The molecule has 0 spiro atoms. The van der Waals surface area contributed by atoms with Crippen LogP contribution >= 0.6 is 0 Å². The molecule has 0 radical (unpaired) electrons. The van der Waals surface area contributed by atoms with Gasteiger partial charge in [-0.25, -0.2) is 8.42 Å².